The van der Waals surface area contributed by atoms with Crippen LogP contribution in [0, 0.1) is 0 Å². The first-order valence-electron chi connectivity index (χ1n) is 4.76. The Kier molecular flexibility index (Phi) is 3.05. The first-order valence-corrected chi connectivity index (χ1v) is 5.58. The van der Waals surface area contributed by atoms with Gasteiger partial charge >= 0.3 is 0 Å². The molecule has 0 bridgehead atoms. The molecule has 1 heterocycles. The summed E-state index contributed by atoms with van der Waals surface area (Å²) in [6.45, 7) is 0.311. The van der Waals surface area contributed by atoms with Gasteiger partial charge in [-0.1, -0.05) is 18.2 Å². The molecule has 1 aliphatic rings. The molecule has 0 radical (unpaired) electrons. The van der Waals surface area contributed by atoms with E-state index in [1.54, 1.807) is 36.2 Å². The third-order valence-electron chi connectivity index (χ3n) is 2.12. The van der Waals surface area contributed by atoms with E-state index >= 15 is 0 Å². The molecule has 0 N–H and O–H groups in total. The number of likely N-dealkylation sites (N-methyl/N-ethyl adjacent to an activating group) is 1. The van der Waals surface area contributed by atoms with Crippen LogP contribution in [0.3, 0.4) is 0 Å². The molecule has 1 saturated heterocycles. The van der Waals surface area contributed by atoms with Gasteiger partial charge in [0.05, 0.1) is 6.54 Å². The summed E-state index contributed by atoms with van der Waals surface area (Å²) in [7, 11) is 1.75. The Morgan fingerprint density at radius 3 is 2.62 bits per heavy atom. The SMILES string of the molecule is CN1CC(=O)SC1=NC(=O)c1ccccc1. The lowest BCUT2D eigenvalue weighted by molar-refractivity contribution is -0.110. The fourth-order valence-corrected chi connectivity index (χ4v) is 2.12. The summed E-state index contributed by atoms with van der Waals surface area (Å²) in [5.74, 6) is -0.315. The third-order valence-corrected chi connectivity index (χ3v) is 3.06. The van der Waals surface area contributed by atoms with Crippen LogP contribution < -0.4 is 0 Å². The van der Waals surface area contributed by atoms with Crippen molar-refractivity contribution in [2.75, 3.05) is 13.6 Å². The summed E-state index contributed by atoms with van der Waals surface area (Å²) >= 11 is 1.01. The zero-order valence-electron chi connectivity index (χ0n) is 8.71. The van der Waals surface area contributed by atoms with Crippen LogP contribution in [0.5, 0.6) is 0 Å². The van der Waals surface area contributed by atoms with Gasteiger partial charge in [0.1, 0.15) is 0 Å². The molecule has 1 aliphatic heterocycles. The highest BCUT2D eigenvalue weighted by atomic mass is 32.2. The average molecular weight is 234 g/mol. The molecule has 1 fully saturated rings. The normalized spacial score (nSPS) is 18.2. The molecule has 82 valence electrons. The number of carbonyl (C=O) groups excluding carboxylic acids is 2. The van der Waals surface area contributed by atoms with E-state index in [1.165, 1.54) is 0 Å². The van der Waals surface area contributed by atoms with E-state index in [1.807, 2.05) is 6.07 Å². The van der Waals surface area contributed by atoms with E-state index in [-0.39, 0.29) is 11.0 Å². The largest absolute Gasteiger partial charge is 0.346 e. The van der Waals surface area contributed by atoms with Crippen LogP contribution in [-0.2, 0) is 4.79 Å². The van der Waals surface area contributed by atoms with Gasteiger partial charge < -0.3 is 4.90 Å². The van der Waals surface area contributed by atoms with E-state index in [4.69, 9.17) is 0 Å². The fraction of sp³-hybridized carbons (Fsp3) is 0.182. The highest BCUT2D eigenvalue weighted by Crippen LogP contribution is 2.18. The van der Waals surface area contributed by atoms with Crippen molar-refractivity contribution in [1.29, 1.82) is 0 Å². The highest BCUT2D eigenvalue weighted by molar-refractivity contribution is 8.26. The molecule has 0 atom stereocenters. The number of hydrogen-bond acceptors (Lipinski definition) is 3. The van der Waals surface area contributed by atoms with E-state index in [0.717, 1.165) is 11.8 Å². The van der Waals surface area contributed by atoms with Crippen LogP contribution in [-0.4, -0.2) is 34.7 Å². The summed E-state index contributed by atoms with van der Waals surface area (Å²) in [5, 5.41) is 0.487. The minimum Gasteiger partial charge on any atom is -0.346 e. The molecular formula is C11H10N2O2S. The van der Waals surface area contributed by atoms with Crippen molar-refractivity contribution < 1.29 is 9.59 Å². The Morgan fingerprint density at radius 2 is 2.06 bits per heavy atom. The van der Waals surface area contributed by atoms with Crippen LogP contribution in [0.1, 0.15) is 10.4 Å². The number of thioether (sulfide) groups is 1. The van der Waals surface area contributed by atoms with Crippen molar-refractivity contribution in [3.8, 4) is 0 Å². The molecule has 0 spiro atoms. The number of hydrogen-bond donors (Lipinski definition) is 0. The molecule has 1 aromatic rings. The topological polar surface area (TPSA) is 49.7 Å². The Morgan fingerprint density at radius 1 is 1.38 bits per heavy atom. The van der Waals surface area contributed by atoms with Gasteiger partial charge in [0.2, 0.25) is 5.12 Å². The summed E-state index contributed by atoms with van der Waals surface area (Å²) < 4.78 is 0. The lowest BCUT2D eigenvalue weighted by atomic mass is 10.2. The van der Waals surface area contributed by atoms with Crippen LogP contribution in [0.4, 0.5) is 0 Å². The summed E-state index contributed by atoms with van der Waals surface area (Å²) in [6.07, 6.45) is 0. The third kappa shape index (κ3) is 2.30. The first-order chi connectivity index (χ1) is 7.66. The Labute approximate surface area is 97.4 Å². The summed E-state index contributed by atoms with van der Waals surface area (Å²) in [5.41, 5.74) is 0.531. The minimum absolute atomic E-state index is 0.0158. The maximum Gasteiger partial charge on any atom is 0.279 e. The van der Waals surface area contributed by atoms with Gasteiger partial charge in [-0.2, -0.15) is 4.99 Å². The summed E-state index contributed by atoms with van der Waals surface area (Å²) in [6, 6.07) is 8.81. The van der Waals surface area contributed by atoms with Crippen molar-refractivity contribution >= 4 is 28.0 Å². The van der Waals surface area contributed by atoms with E-state index in [2.05, 4.69) is 4.99 Å². The van der Waals surface area contributed by atoms with Crippen molar-refractivity contribution in [2.24, 2.45) is 4.99 Å². The lowest BCUT2D eigenvalue weighted by Crippen LogP contribution is -2.20. The van der Waals surface area contributed by atoms with Gasteiger partial charge in [0, 0.05) is 12.6 Å². The number of rotatable bonds is 1. The minimum atomic E-state index is -0.315. The fourth-order valence-electron chi connectivity index (χ4n) is 1.31. The monoisotopic (exact) mass is 234 g/mol. The Hall–Kier alpha value is -1.62. The van der Waals surface area contributed by atoms with Gasteiger partial charge in [-0.05, 0) is 23.9 Å². The maximum atomic E-state index is 11.7. The predicted molar refractivity (Wildman–Crippen MR) is 63.4 cm³/mol. The molecule has 16 heavy (non-hydrogen) atoms. The van der Waals surface area contributed by atoms with Crippen molar-refractivity contribution in [1.82, 2.24) is 4.90 Å². The molecule has 0 aromatic heterocycles. The molecule has 1 aromatic carbocycles. The van der Waals surface area contributed by atoms with E-state index < -0.39 is 0 Å². The second-order valence-corrected chi connectivity index (χ2v) is 4.42. The number of amides is 1. The number of carbonyl (C=O) groups is 2. The zero-order chi connectivity index (χ0) is 11.5. The molecule has 0 saturated carbocycles. The van der Waals surface area contributed by atoms with Crippen LogP contribution in [0.25, 0.3) is 0 Å². The average Bonchev–Trinajstić information content (AvgIpc) is 2.59. The van der Waals surface area contributed by atoms with E-state index in [9.17, 15) is 9.59 Å². The second-order valence-electron chi connectivity index (χ2n) is 3.40. The molecule has 2 rings (SSSR count). The van der Waals surface area contributed by atoms with Crippen LogP contribution in [0.2, 0.25) is 0 Å². The number of aliphatic imine (C=N–C) groups is 1. The maximum absolute atomic E-state index is 11.7. The number of amidine groups is 1. The molecule has 5 heteroatoms. The first kappa shape index (κ1) is 10.9. The number of nitrogens with zero attached hydrogens (tertiary/aromatic N) is 2. The zero-order valence-corrected chi connectivity index (χ0v) is 9.53. The second kappa shape index (κ2) is 4.49. The Balaban J connectivity index is 2.19. The smallest absolute Gasteiger partial charge is 0.279 e. The van der Waals surface area contributed by atoms with Gasteiger partial charge in [-0.3, -0.25) is 9.59 Å². The molecule has 4 nitrogen and oxygen atoms in total. The Bertz CT molecular complexity index is 456. The standard InChI is InChI=1S/C11H10N2O2S/c1-13-7-9(14)16-11(13)12-10(15)8-5-3-2-4-6-8/h2-6H,7H2,1H3. The van der Waals surface area contributed by atoms with Crippen molar-refractivity contribution in [3.63, 3.8) is 0 Å². The van der Waals surface area contributed by atoms with Crippen molar-refractivity contribution in [3.05, 3.63) is 35.9 Å². The van der Waals surface area contributed by atoms with Gasteiger partial charge in [-0.25, -0.2) is 0 Å². The van der Waals surface area contributed by atoms with Gasteiger partial charge in [0.25, 0.3) is 5.91 Å². The quantitative estimate of drug-likeness (QED) is 0.736. The van der Waals surface area contributed by atoms with Crippen LogP contribution in [0.15, 0.2) is 35.3 Å². The highest BCUT2D eigenvalue weighted by Gasteiger charge is 2.24. The number of benzene rings is 1. The molecule has 0 aliphatic carbocycles. The predicted octanol–water partition coefficient (Wildman–Crippen LogP) is 1.39. The van der Waals surface area contributed by atoms with E-state index in [0.29, 0.717) is 17.3 Å². The lowest BCUT2D eigenvalue weighted by Gasteiger charge is -2.07. The van der Waals surface area contributed by atoms with Gasteiger partial charge in [0.15, 0.2) is 5.17 Å². The van der Waals surface area contributed by atoms with Crippen LogP contribution >= 0.6 is 11.8 Å². The molecule has 1 amide bonds. The molecule has 0 unspecified atom stereocenters. The van der Waals surface area contributed by atoms with Gasteiger partial charge in [-0.15, -0.1) is 0 Å². The van der Waals surface area contributed by atoms with Crippen molar-refractivity contribution in [2.45, 2.75) is 0 Å². The molecular weight excluding hydrogens is 224 g/mol. The summed E-state index contributed by atoms with van der Waals surface area (Å²) in [4.78, 5) is 28.4.